The average Bonchev–Trinajstić information content (AvgIpc) is 2.21. The summed E-state index contributed by atoms with van der Waals surface area (Å²) in [6.07, 6.45) is 4.27. The minimum Gasteiger partial charge on any atom is -0.496 e. The molecule has 14 heavy (non-hydrogen) atoms. The Hall–Kier alpha value is -0.580. The lowest BCUT2D eigenvalue weighted by Crippen LogP contribution is -2.46. The van der Waals surface area contributed by atoms with Crippen molar-refractivity contribution >= 4 is 0 Å². The predicted octanol–water partition coefficient (Wildman–Crippen LogP) is 0.938. The number of allylic oxidation sites excluding steroid dienone is 1. The molecule has 0 saturated heterocycles. The summed E-state index contributed by atoms with van der Waals surface area (Å²) in [6, 6.07) is -0.0322. The van der Waals surface area contributed by atoms with Gasteiger partial charge in [-0.25, -0.2) is 5.43 Å². The molecule has 0 aromatic carbocycles. The van der Waals surface area contributed by atoms with Gasteiger partial charge in [-0.3, -0.25) is 5.84 Å². The highest BCUT2D eigenvalue weighted by atomic mass is 16.5. The van der Waals surface area contributed by atoms with E-state index in [1.165, 1.54) is 0 Å². The summed E-state index contributed by atoms with van der Waals surface area (Å²) < 4.78 is 11.0. The summed E-state index contributed by atoms with van der Waals surface area (Å²) in [5.74, 6) is 6.40. The summed E-state index contributed by atoms with van der Waals surface area (Å²) in [4.78, 5) is 0. The van der Waals surface area contributed by atoms with Gasteiger partial charge in [-0.1, -0.05) is 0 Å². The van der Waals surface area contributed by atoms with Gasteiger partial charge in [0.25, 0.3) is 0 Å². The predicted molar refractivity (Wildman–Crippen MR) is 55.5 cm³/mol. The fourth-order valence-corrected chi connectivity index (χ4v) is 1.60. The molecule has 0 saturated carbocycles. The highest BCUT2D eigenvalue weighted by Crippen LogP contribution is 2.16. The van der Waals surface area contributed by atoms with E-state index in [0.717, 1.165) is 25.2 Å². The van der Waals surface area contributed by atoms with Crippen molar-refractivity contribution in [1.29, 1.82) is 0 Å². The molecule has 3 N–H and O–H groups in total. The number of nitrogens with one attached hydrogen (secondary N) is 1. The molecule has 1 rings (SSSR count). The molecule has 0 radical (unpaired) electrons. The van der Waals surface area contributed by atoms with E-state index in [4.69, 9.17) is 15.3 Å². The second-order valence-electron chi connectivity index (χ2n) is 3.40. The standard InChI is InChI=1S/C10H20N2O2/c1-3-13-8(2)10(12-11)9-6-4-5-7-14-9/h6,8,10,12H,3-5,7,11H2,1-2H3. The number of ether oxygens (including phenoxy) is 2. The Morgan fingerprint density at radius 3 is 3.00 bits per heavy atom. The zero-order chi connectivity index (χ0) is 10.4. The number of nitrogens with two attached hydrogens (primary N) is 1. The van der Waals surface area contributed by atoms with Gasteiger partial charge in [0.15, 0.2) is 0 Å². The summed E-state index contributed by atoms with van der Waals surface area (Å²) in [6.45, 7) is 5.43. The van der Waals surface area contributed by atoms with Gasteiger partial charge in [-0.05, 0) is 32.8 Å². The molecule has 82 valence electrons. The first kappa shape index (κ1) is 11.5. The van der Waals surface area contributed by atoms with Crippen molar-refractivity contribution in [3.63, 3.8) is 0 Å². The fourth-order valence-electron chi connectivity index (χ4n) is 1.60. The van der Waals surface area contributed by atoms with Crippen LogP contribution in [0.3, 0.4) is 0 Å². The van der Waals surface area contributed by atoms with E-state index in [2.05, 4.69) is 11.5 Å². The Labute approximate surface area is 85.4 Å². The second-order valence-corrected chi connectivity index (χ2v) is 3.40. The molecular formula is C10H20N2O2. The van der Waals surface area contributed by atoms with E-state index in [-0.39, 0.29) is 12.1 Å². The number of hydrogen-bond acceptors (Lipinski definition) is 4. The van der Waals surface area contributed by atoms with Crippen LogP contribution in [0, 0.1) is 0 Å². The average molecular weight is 200 g/mol. The van der Waals surface area contributed by atoms with Gasteiger partial charge >= 0.3 is 0 Å². The van der Waals surface area contributed by atoms with Gasteiger partial charge in [0.2, 0.25) is 0 Å². The van der Waals surface area contributed by atoms with E-state index in [9.17, 15) is 0 Å². The first-order chi connectivity index (χ1) is 6.79. The topological polar surface area (TPSA) is 56.5 Å². The van der Waals surface area contributed by atoms with Crippen LogP contribution in [0.25, 0.3) is 0 Å². The van der Waals surface area contributed by atoms with E-state index < -0.39 is 0 Å². The first-order valence-electron chi connectivity index (χ1n) is 5.20. The Morgan fingerprint density at radius 1 is 1.71 bits per heavy atom. The highest BCUT2D eigenvalue weighted by Gasteiger charge is 2.23. The van der Waals surface area contributed by atoms with Crippen LogP contribution in [-0.2, 0) is 9.47 Å². The zero-order valence-corrected chi connectivity index (χ0v) is 8.95. The van der Waals surface area contributed by atoms with E-state index in [1.807, 2.05) is 13.8 Å². The minimum absolute atomic E-state index is 0.0322. The monoisotopic (exact) mass is 200 g/mol. The van der Waals surface area contributed by atoms with E-state index in [1.54, 1.807) is 0 Å². The van der Waals surface area contributed by atoms with Crippen LogP contribution in [0.1, 0.15) is 26.7 Å². The molecule has 2 atom stereocenters. The molecular weight excluding hydrogens is 180 g/mol. The lowest BCUT2D eigenvalue weighted by molar-refractivity contribution is 0.0344. The summed E-state index contributed by atoms with van der Waals surface area (Å²) in [5, 5.41) is 0. The van der Waals surface area contributed by atoms with Crippen LogP contribution < -0.4 is 11.3 Å². The minimum atomic E-state index is -0.0322. The van der Waals surface area contributed by atoms with Crippen LogP contribution >= 0.6 is 0 Å². The maximum absolute atomic E-state index is 5.54. The van der Waals surface area contributed by atoms with Crippen LogP contribution in [0.15, 0.2) is 11.8 Å². The molecule has 0 aliphatic carbocycles. The van der Waals surface area contributed by atoms with Crippen molar-refractivity contribution < 1.29 is 9.47 Å². The van der Waals surface area contributed by atoms with Crippen LogP contribution in [0.4, 0.5) is 0 Å². The smallest absolute Gasteiger partial charge is 0.113 e. The molecule has 0 bridgehead atoms. The van der Waals surface area contributed by atoms with E-state index >= 15 is 0 Å². The third kappa shape index (κ3) is 2.97. The lowest BCUT2D eigenvalue weighted by atomic mass is 10.1. The van der Waals surface area contributed by atoms with Gasteiger partial charge in [0, 0.05) is 6.61 Å². The van der Waals surface area contributed by atoms with Gasteiger partial charge in [-0.15, -0.1) is 0 Å². The SMILES string of the molecule is CCOC(C)C(NN)C1=CCCCO1. The zero-order valence-electron chi connectivity index (χ0n) is 8.95. The quantitative estimate of drug-likeness (QED) is 0.512. The third-order valence-corrected chi connectivity index (χ3v) is 2.35. The maximum Gasteiger partial charge on any atom is 0.113 e. The number of hydrazine groups is 1. The van der Waals surface area contributed by atoms with Crippen LogP contribution in [-0.4, -0.2) is 25.4 Å². The molecule has 0 aromatic heterocycles. The molecule has 2 unspecified atom stereocenters. The Morgan fingerprint density at radius 2 is 2.50 bits per heavy atom. The summed E-state index contributed by atoms with van der Waals surface area (Å²) in [5.41, 5.74) is 2.74. The van der Waals surface area contributed by atoms with Crippen molar-refractivity contribution in [3.8, 4) is 0 Å². The lowest BCUT2D eigenvalue weighted by Gasteiger charge is -2.27. The molecule has 1 heterocycles. The van der Waals surface area contributed by atoms with Gasteiger partial charge in [0.1, 0.15) is 11.8 Å². The third-order valence-electron chi connectivity index (χ3n) is 2.35. The Kier molecular flexibility index (Phi) is 4.93. The molecule has 4 heteroatoms. The second kappa shape index (κ2) is 6.01. The van der Waals surface area contributed by atoms with E-state index in [0.29, 0.717) is 6.61 Å². The van der Waals surface area contributed by atoms with Crippen molar-refractivity contribution in [1.82, 2.24) is 5.43 Å². The van der Waals surface area contributed by atoms with Crippen molar-refractivity contribution in [2.75, 3.05) is 13.2 Å². The van der Waals surface area contributed by atoms with Crippen LogP contribution in [0.5, 0.6) is 0 Å². The van der Waals surface area contributed by atoms with Gasteiger partial charge in [-0.2, -0.15) is 0 Å². The van der Waals surface area contributed by atoms with Gasteiger partial charge < -0.3 is 9.47 Å². The van der Waals surface area contributed by atoms with Crippen LogP contribution in [0.2, 0.25) is 0 Å². The van der Waals surface area contributed by atoms with Crippen molar-refractivity contribution in [3.05, 3.63) is 11.8 Å². The summed E-state index contributed by atoms with van der Waals surface area (Å²) in [7, 11) is 0. The van der Waals surface area contributed by atoms with Gasteiger partial charge in [0.05, 0.1) is 12.7 Å². The molecule has 1 aliphatic heterocycles. The molecule has 0 aromatic rings. The fraction of sp³-hybridized carbons (Fsp3) is 0.800. The molecule has 1 aliphatic rings. The molecule has 0 amide bonds. The number of hydrogen-bond donors (Lipinski definition) is 2. The Bertz CT molecular complexity index is 195. The van der Waals surface area contributed by atoms with Crippen molar-refractivity contribution in [2.24, 2.45) is 5.84 Å². The molecule has 4 nitrogen and oxygen atoms in total. The normalized spacial score (nSPS) is 20.9. The number of rotatable bonds is 5. The molecule has 0 fully saturated rings. The highest BCUT2D eigenvalue weighted by molar-refractivity contribution is 5.07. The summed E-state index contributed by atoms with van der Waals surface area (Å²) >= 11 is 0. The largest absolute Gasteiger partial charge is 0.496 e. The molecule has 0 spiro atoms. The van der Waals surface area contributed by atoms with Crippen molar-refractivity contribution in [2.45, 2.75) is 38.8 Å². The Balaban J connectivity index is 2.55. The maximum atomic E-state index is 5.54. The first-order valence-corrected chi connectivity index (χ1v) is 5.20.